The van der Waals surface area contributed by atoms with Gasteiger partial charge in [0, 0.05) is 12.0 Å². The van der Waals surface area contributed by atoms with Crippen LogP contribution in [-0.2, 0) is 0 Å². The zero-order valence-corrected chi connectivity index (χ0v) is 15.0. The minimum Gasteiger partial charge on any atom is -0.506 e. The number of phenols is 1. The van der Waals surface area contributed by atoms with Crippen LogP contribution in [0, 0.1) is 5.92 Å². The van der Waals surface area contributed by atoms with Crippen LogP contribution in [0.25, 0.3) is 5.57 Å². The smallest absolute Gasteiger partial charge is 0.134 e. The summed E-state index contributed by atoms with van der Waals surface area (Å²) >= 11 is 5.99. The van der Waals surface area contributed by atoms with Gasteiger partial charge in [0.1, 0.15) is 5.75 Å². The van der Waals surface area contributed by atoms with Crippen LogP contribution in [-0.4, -0.2) is 24.1 Å². The SMILES string of the molecule is CN(C)C(c1ccccc1)C1CCCC=C1c1ccc(Cl)c(O)c1. The molecule has 1 N–H and O–H groups in total. The second kappa shape index (κ2) is 7.42. The van der Waals surface area contributed by atoms with E-state index >= 15 is 0 Å². The molecular formula is C21H24ClNO. The summed E-state index contributed by atoms with van der Waals surface area (Å²) in [5.74, 6) is 0.553. The minimum absolute atomic E-state index is 0.153. The van der Waals surface area contributed by atoms with Gasteiger partial charge in [-0.2, -0.15) is 0 Å². The van der Waals surface area contributed by atoms with E-state index in [1.807, 2.05) is 6.07 Å². The van der Waals surface area contributed by atoms with E-state index in [0.29, 0.717) is 17.0 Å². The molecule has 2 aromatic carbocycles. The van der Waals surface area contributed by atoms with Crippen molar-refractivity contribution in [1.82, 2.24) is 4.90 Å². The maximum atomic E-state index is 10.0. The van der Waals surface area contributed by atoms with Crippen molar-refractivity contribution < 1.29 is 5.11 Å². The Morgan fingerprint density at radius 3 is 2.54 bits per heavy atom. The Morgan fingerprint density at radius 1 is 1.12 bits per heavy atom. The monoisotopic (exact) mass is 341 g/mol. The normalized spacial score (nSPS) is 19.2. The maximum absolute atomic E-state index is 10.0. The van der Waals surface area contributed by atoms with Crippen LogP contribution in [0.5, 0.6) is 5.75 Å². The summed E-state index contributed by atoms with van der Waals surface area (Å²) in [4.78, 5) is 2.30. The number of hydrogen-bond donors (Lipinski definition) is 1. The number of aromatic hydroxyl groups is 1. The lowest BCUT2D eigenvalue weighted by atomic mass is 9.76. The fraction of sp³-hybridized carbons (Fsp3) is 0.333. The van der Waals surface area contributed by atoms with E-state index < -0.39 is 0 Å². The van der Waals surface area contributed by atoms with Gasteiger partial charge in [0.05, 0.1) is 5.02 Å². The van der Waals surface area contributed by atoms with E-state index in [0.717, 1.165) is 18.4 Å². The van der Waals surface area contributed by atoms with Crippen molar-refractivity contribution in [2.45, 2.75) is 25.3 Å². The van der Waals surface area contributed by atoms with Gasteiger partial charge in [-0.05, 0) is 62.2 Å². The largest absolute Gasteiger partial charge is 0.506 e. The second-order valence-electron chi connectivity index (χ2n) is 6.68. The van der Waals surface area contributed by atoms with Crippen molar-refractivity contribution in [1.29, 1.82) is 0 Å². The molecule has 2 nitrogen and oxygen atoms in total. The van der Waals surface area contributed by atoms with Crippen molar-refractivity contribution in [3.63, 3.8) is 0 Å². The standard InChI is InChI=1S/C21H24ClNO/c1-23(2)21(15-8-4-3-5-9-15)18-11-7-6-10-17(18)16-12-13-19(22)20(24)14-16/h3-5,8-10,12-14,18,21,24H,6-7,11H2,1-2H3. The first-order valence-corrected chi connectivity index (χ1v) is 8.86. The van der Waals surface area contributed by atoms with Crippen molar-refractivity contribution in [3.05, 3.63) is 70.8 Å². The quantitative estimate of drug-likeness (QED) is 0.790. The first-order chi connectivity index (χ1) is 11.6. The molecule has 24 heavy (non-hydrogen) atoms. The number of nitrogens with zero attached hydrogens (tertiary/aromatic N) is 1. The third-order valence-corrected chi connectivity index (χ3v) is 5.16. The zero-order chi connectivity index (χ0) is 17.1. The van der Waals surface area contributed by atoms with Gasteiger partial charge in [0.15, 0.2) is 0 Å². The van der Waals surface area contributed by atoms with E-state index in [9.17, 15) is 5.11 Å². The van der Waals surface area contributed by atoms with Crippen molar-refractivity contribution in [2.75, 3.05) is 14.1 Å². The van der Waals surface area contributed by atoms with E-state index in [1.54, 1.807) is 12.1 Å². The van der Waals surface area contributed by atoms with Crippen LogP contribution < -0.4 is 0 Å². The molecule has 126 valence electrons. The maximum Gasteiger partial charge on any atom is 0.134 e. The lowest BCUT2D eigenvalue weighted by molar-refractivity contribution is 0.234. The molecular weight excluding hydrogens is 318 g/mol. The lowest BCUT2D eigenvalue weighted by Gasteiger charge is -2.36. The molecule has 0 saturated carbocycles. The molecule has 0 amide bonds. The topological polar surface area (TPSA) is 23.5 Å². The summed E-state index contributed by atoms with van der Waals surface area (Å²) in [6.07, 6.45) is 5.76. The highest BCUT2D eigenvalue weighted by Gasteiger charge is 2.30. The molecule has 0 fully saturated rings. The number of rotatable bonds is 4. The fourth-order valence-electron chi connectivity index (χ4n) is 3.79. The zero-order valence-electron chi connectivity index (χ0n) is 14.2. The van der Waals surface area contributed by atoms with E-state index in [1.165, 1.54) is 17.6 Å². The van der Waals surface area contributed by atoms with Crippen LogP contribution in [0.2, 0.25) is 5.02 Å². The second-order valence-corrected chi connectivity index (χ2v) is 7.09. The van der Waals surface area contributed by atoms with Gasteiger partial charge in [-0.1, -0.05) is 54.1 Å². The number of hydrogen-bond acceptors (Lipinski definition) is 2. The Morgan fingerprint density at radius 2 is 1.88 bits per heavy atom. The number of phenolic OH excluding ortho intramolecular Hbond substituents is 1. The van der Waals surface area contributed by atoms with Gasteiger partial charge in [-0.25, -0.2) is 0 Å². The number of benzene rings is 2. The molecule has 0 aromatic heterocycles. The Hall–Kier alpha value is -1.77. The van der Waals surface area contributed by atoms with E-state index in [4.69, 9.17) is 11.6 Å². The highest BCUT2D eigenvalue weighted by molar-refractivity contribution is 6.32. The van der Waals surface area contributed by atoms with Crippen molar-refractivity contribution in [2.24, 2.45) is 5.92 Å². The van der Waals surface area contributed by atoms with Crippen LogP contribution in [0.15, 0.2) is 54.6 Å². The number of allylic oxidation sites excluding steroid dienone is 1. The average Bonchev–Trinajstić information content (AvgIpc) is 2.59. The molecule has 0 spiro atoms. The van der Waals surface area contributed by atoms with Gasteiger partial charge in [0.25, 0.3) is 0 Å². The van der Waals surface area contributed by atoms with Gasteiger partial charge in [-0.15, -0.1) is 0 Å². The van der Waals surface area contributed by atoms with Gasteiger partial charge in [0.2, 0.25) is 0 Å². The summed E-state index contributed by atoms with van der Waals surface area (Å²) in [5.41, 5.74) is 3.72. The van der Waals surface area contributed by atoms with Crippen LogP contribution in [0.1, 0.15) is 36.4 Å². The number of halogens is 1. The Kier molecular flexibility index (Phi) is 5.27. The predicted octanol–water partition coefficient (Wildman–Crippen LogP) is 5.53. The third-order valence-electron chi connectivity index (χ3n) is 4.84. The molecule has 0 aliphatic heterocycles. The van der Waals surface area contributed by atoms with Crippen LogP contribution >= 0.6 is 11.6 Å². The van der Waals surface area contributed by atoms with Crippen LogP contribution in [0.3, 0.4) is 0 Å². The summed E-state index contributed by atoms with van der Waals surface area (Å²) in [6.45, 7) is 0. The van der Waals surface area contributed by atoms with Gasteiger partial charge < -0.3 is 10.0 Å². The molecule has 2 aromatic rings. The molecule has 3 rings (SSSR count). The third kappa shape index (κ3) is 3.50. The molecule has 0 saturated heterocycles. The van der Waals surface area contributed by atoms with Gasteiger partial charge >= 0.3 is 0 Å². The Balaban J connectivity index is 2.01. The molecule has 1 aliphatic rings. The van der Waals surface area contributed by atoms with Gasteiger partial charge in [-0.3, -0.25) is 0 Å². The molecule has 1 aliphatic carbocycles. The molecule has 0 heterocycles. The molecule has 2 atom stereocenters. The highest BCUT2D eigenvalue weighted by Crippen LogP contribution is 2.43. The average molecular weight is 342 g/mol. The summed E-state index contributed by atoms with van der Waals surface area (Å²) < 4.78 is 0. The first kappa shape index (κ1) is 17.1. The lowest BCUT2D eigenvalue weighted by Crippen LogP contribution is -2.29. The molecule has 3 heteroatoms. The Bertz CT molecular complexity index is 724. The summed E-state index contributed by atoms with van der Waals surface area (Å²) in [7, 11) is 4.28. The summed E-state index contributed by atoms with van der Waals surface area (Å²) in [6, 6.07) is 16.6. The van der Waals surface area contributed by atoms with E-state index in [-0.39, 0.29) is 5.75 Å². The summed E-state index contributed by atoms with van der Waals surface area (Å²) in [5, 5.41) is 10.4. The van der Waals surface area contributed by atoms with Crippen molar-refractivity contribution in [3.8, 4) is 5.75 Å². The first-order valence-electron chi connectivity index (χ1n) is 8.48. The molecule has 0 bridgehead atoms. The highest BCUT2D eigenvalue weighted by atomic mass is 35.5. The minimum atomic E-state index is 0.153. The fourth-order valence-corrected chi connectivity index (χ4v) is 3.91. The Labute approximate surface area is 149 Å². The van der Waals surface area contributed by atoms with Crippen molar-refractivity contribution >= 4 is 17.2 Å². The van der Waals surface area contributed by atoms with E-state index in [2.05, 4.69) is 55.4 Å². The predicted molar refractivity (Wildman–Crippen MR) is 101 cm³/mol. The van der Waals surface area contributed by atoms with Crippen LogP contribution in [0.4, 0.5) is 0 Å². The molecule has 2 unspecified atom stereocenters. The molecule has 0 radical (unpaired) electrons.